The van der Waals surface area contributed by atoms with Crippen molar-refractivity contribution in [3.05, 3.63) is 26.6 Å². The van der Waals surface area contributed by atoms with E-state index in [0.29, 0.717) is 20.7 Å². The van der Waals surface area contributed by atoms with E-state index in [9.17, 15) is 14.4 Å². The summed E-state index contributed by atoms with van der Waals surface area (Å²) in [6.45, 7) is 5.02. The molecular weight excluding hydrogens is 336 g/mol. The minimum absolute atomic E-state index is 0.193. The fourth-order valence-corrected chi connectivity index (χ4v) is 3.23. The largest absolute Gasteiger partial charge is 0.462 e. The van der Waals surface area contributed by atoms with E-state index in [1.54, 1.807) is 20.8 Å². The van der Waals surface area contributed by atoms with Crippen LogP contribution in [-0.2, 0) is 19.0 Å². The van der Waals surface area contributed by atoms with Crippen molar-refractivity contribution in [1.82, 2.24) is 9.97 Å². The number of aromatic nitrogens is 2. The number of hydrogen-bond donors (Lipinski definition) is 1. The minimum atomic E-state index is -0.752. The first-order valence-corrected chi connectivity index (χ1v) is 8.09. The SMILES string of the molecule is CCOC(=O)c1sc2nc([C@H](C)OC(=O)COC)[nH]c(=O)c2c1C. The average Bonchev–Trinajstić information content (AvgIpc) is 2.85. The zero-order valence-electron chi connectivity index (χ0n) is 13.8. The number of aryl methyl sites for hydroxylation is 1. The van der Waals surface area contributed by atoms with E-state index in [4.69, 9.17) is 9.47 Å². The maximum atomic E-state index is 12.3. The molecule has 0 saturated heterocycles. The first-order chi connectivity index (χ1) is 11.4. The van der Waals surface area contributed by atoms with Gasteiger partial charge in [0.15, 0.2) is 11.9 Å². The first-order valence-electron chi connectivity index (χ1n) is 7.27. The quantitative estimate of drug-likeness (QED) is 0.787. The molecular formula is C15H18N2O6S. The van der Waals surface area contributed by atoms with Crippen LogP contribution < -0.4 is 5.56 Å². The molecule has 0 saturated carbocycles. The number of hydrogen-bond acceptors (Lipinski definition) is 8. The molecule has 0 aliphatic carbocycles. The Hall–Kier alpha value is -2.26. The molecule has 2 heterocycles. The smallest absolute Gasteiger partial charge is 0.348 e. The van der Waals surface area contributed by atoms with Gasteiger partial charge in [-0.2, -0.15) is 0 Å². The predicted molar refractivity (Wildman–Crippen MR) is 87.3 cm³/mol. The molecule has 2 aromatic rings. The van der Waals surface area contributed by atoms with Gasteiger partial charge in [0.25, 0.3) is 5.56 Å². The van der Waals surface area contributed by atoms with Gasteiger partial charge in [-0.15, -0.1) is 11.3 Å². The van der Waals surface area contributed by atoms with Crippen LogP contribution in [0.1, 0.15) is 41.0 Å². The Morgan fingerprint density at radius 2 is 2.08 bits per heavy atom. The van der Waals surface area contributed by atoms with Gasteiger partial charge in [0.05, 0.1) is 12.0 Å². The van der Waals surface area contributed by atoms with E-state index >= 15 is 0 Å². The van der Waals surface area contributed by atoms with Gasteiger partial charge in [-0.05, 0) is 26.3 Å². The Balaban J connectivity index is 2.41. The van der Waals surface area contributed by atoms with Crippen molar-refractivity contribution in [2.24, 2.45) is 0 Å². The second-order valence-electron chi connectivity index (χ2n) is 4.97. The fraction of sp³-hybridized carbons (Fsp3) is 0.467. The Morgan fingerprint density at radius 3 is 2.71 bits per heavy atom. The third-order valence-corrected chi connectivity index (χ3v) is 4.40. The normalized spacial score (nSPS) is 12.2. The predicted octanol–water partition coefficient (Wildman–Crippen LogP) is 1.72. The summed E-state index contributed by atoms with van der Waals surface area (Å²) >= 11 is 1.08. The average molecular weight is 354 g/mol. The van der Waals surface area contributed by atoms with Crippen molar-refractivity contribution in [2.75, 3.05) is 20.3 Å². The van der Waals surface area contributed by atoms with E-state index in [-0.39, 0.29) is 19.0 Å². The van der Waals surface area contributed by atoms with Crippen LogP contribution in [0.25, 0.3) is 10.2 Å². The number of carbonyl (C=O) groups excluding carboxylic acids is 2. The summed E-state index contributed by atoms with van der Waals surface area (Å²) < 4.78 is 14.8. The first kappa shape index (κ1) is 18.1. The second kappa shape index (κ2) is 7.54. The summed E-state index contributed by atoms with van der Waals surface area (Å²) in [5, 5.41) is 0.335. The molecule has 9 heteroatoms. The molecule has 8 nitrogen and oxygen atoms in total. The fourth-order valence-electron chi connectivity index (χ4n) is 2.15. The number of H-pyrrole nitrogens is 1. The number of nitrogens with one attached hydrogen (secondary N) is 1. The van der Waals surface area contributed by atoms with Crippen LogP contribution in [0.5, 0.6) is 0 Å². The van der Waals surface area contributed by atoms with Gasteiger partial charge in [-0.25, -0.2) is 14.6 Å². The number of fused-ring (bicyclic) bond motifs is 1. The Labute approximate surface area is 141 Å². The Morgan fingerprint density at radius 1 is 1.38 bits per heavy atom. The van der Waals surface area contributed by atoms with E-state index in [1.165, 1.54) is 7.11 Å². The van der Waals surface area contributed by atoms with Gasteiger partial charge in [0.1, 0.15) is 16.3 Å². The number of carbonyl (C=O) groups is 2. The molecule has 1 atom stereocenters. The molecule has 0 aromatic carbocycles. The molecule has 24 heavy (non-hydrogen) atoms. The number of esters is 2. The van der Waals surface area contributed by atoms with Gasteiger partial charge in [0.2, 0.25) is 0 Å². The summed E-state index contributed by atoms with van der Waals surface area (Å²) in [6, 6.07) is 0. The number of methoxy groups -OCH3 is 1. The van der Waals surface area contributed by atoms with Crippen LogP contribution in [0.2, 0.25) is 0 Å². The zero-order chi connectivity index (χ0) is 17.9. The molecule has 130 valence electrons. The van der Waals surface area contributed by atoms with Gasteiger partial charge < -0.3 is 19.2 Å². The zero-order valence-corrected chi connectivity index (χ0v) is 14.6. The van der Waals surface area contributed by atoms with Crippen LogP contribution in [0.3, 0.4) is 0 Å². The van der Waals surface area contributed by atoms with Gasteiger partial charge >= 0.3 is 11.9 Å². The van der Waals surface area contributed by atoms with Gasteiger partial charge in [-0.1, -0.05) is 0 Å². The van der Waals surface area contributed by atoms with Crippen LogP contribution in [0.4, 0.5) is 0 Å². The van der Waals surface area contributed by atoms with Gasteiger partial charge in [-0.3, -0.25) is 4.79 Å². The lowest BCUT2D eigenvalue weighted by atomic mass is 10.2. The summed E-state index contributed by atoms with van der Waals surface area (Å²) in [6.07, 6.45) is -0.752. The lowest BCUT2D eigenvalue weighted by Gasteiger charge is -2.11. The number of ether oxygens (including phenoxy) is 3. The molecule has 0 aliphatic rings. The monoisotopic (exact) mass is 354 g/mol. The van der Waals surface area contributed by atoms with Crippen LogP contribution in [0.15, 0.2) is 4.79 Å². The van der Waals surface area contributed by atoms with E-state index in [0.717, 1.165) is 11.3 Å². The third kappa shape index (κ3) is 3.62. The molecule has 0 radical (unpaired) electrons. The molecule has 0 spiro atoms. The standard InChI is InChI=1S/C15H18N2O6S/c1-5-22-15(20)11-7(2)10-13(19)16-12(17-14(10)24-11)8(3)23-9(18)6-21-4/h8H,5-6H2,1-4H3,(H,16,17,19)/t8-/m0/s1. The van der Waals surface area contributed by atoms with Crippen molar-refractivity contribution in [2.45, 2.75) is 26.9 Å². The highest BCUT2D eigenvalue weighted by Gasteiger charge is 2.22. The van der Waals surface area contributed by atoms with Crippen molar-refractivity contribution < 1.29 is 23.8 Å². The van der Waals surface area contributed by atoms with E-state index in [1.807, 2.05) is 0 Å². The maximum absolute atomic E-state index is 12.3. The van der Waals surface area contributed by atoms with Crippen molar-refractivity contribution in [3.8, 4) is 0 Å². The molecule has 0 unspecified atom stereocenters. The lowest BCUT2D eigenvalue weighted by molar-refractivity contribution is -0.153. The van der Waals surface area contributed by atoms with Crippen LogP contribution in [0, 0.1) is 6.92 Å². The number of thiophene rings is 1. The summed E-state index contributed by atoms with van der Waals surface area (Å²) in [7, 11) is 1.38. The van der Waals surface area contributed by atoms with Crippen LogP contribution >= 0.6 is 11.3 Å². The Kier molecular flexibility index (Phi) is 5.68. The summed E-state index contributed by atoms with van der Waals surface area (Å²) in [5.74, 6) is -0.852. The highest BCUT2D eigenvalue weighted by atomic mass is 32.1. The molecule has 0 bridgehead atoms. The minimum Gasteiger partial charge on any atom is -0.462 e. The van der Waals surface area contributed by atoms with Crippen molar-refractivity contribution in [3.63, 3.8) is 0 Å². The van der Waals surface area contributed by atoms with Crippen LogP contribution in [-0.4, -0.2) is 42.2 Å². The molecule has 0 aliphatic heterocycles. The third-order valence-electron chi connectivity index (χ3n) is 3.24. The molecule has 2 aromatic heterocycles. The van der Waals surface area contributed by atoms with Crippen molar-refractivity contribution >= 4 is 33.5 Å². The second-order valence-corrected chi connectivity index (χ2v) is 5.97. The lowest BCUT2D eigenvalue weighted by Crippen LogP contribution is -2.19. The van der Waals surface area contributed by atoms with Crippen molar-refractivity contribution in [1.29, 1.82) is 0 Å². The number of nitrogens with zero attached hydrogens (tertiary/aromatic N) is 1. The van der Waals surface area contributed by atoms with E-state index < -0.39 is 23.6 Å². The maximum Gasteiger partial charge on any atom is 0.348 e. The van der Waals surface area contributed by atoms with E-state index in [2.05, 4.69) is 14.7 Å². The highest BCUT2D eigenvalue weighted by molar-refractivity contribution is 7.20. The summed E-state index contributed by atoms with van der Waals surface area (Å²) in [5.41, 5.74) is 0.131. The Bertz CT molecular complexity index is 825. The number of rotatable bonds is 6. The highest BCUT2D eigenvalue weighted by Crippen LogP contribution is 2.28. The molecule has 1 N–H and O–H groups in total. The molecule has 0 amide bonds. The summed E-state index contributed by atoms with van der Waals surface area (Å²) in [4.78, 5) is 43.4. The topological polar surface area (TPSA) is 108 Å². The molecule has 0 fully saturated rings. The number of aromatic amines is 1. The molecule has 2 rings (SSSR count). The van der Waals surface area contributed by atoms with Gasteiger partial charge in [0, 0.05) is 7.11 Å².